The summed E-state index contributed by atoms with van der Waals surface area (Å²) < 4.78 is 11.4. The summed E-state index contributed by atoms with van der Waals surface area (Å²) in [7, 11) is 0. The molecule has 0 bridgehead atoms. The Morgan fingerprint density at radius 1 is 0.356 bits per heavy atom. The molecular formula is C42H26N2O. The molecular weight excluding hydrogens is 548 g/mol. The van der Waals surface area contributed by atoms with Crippen molar-refractivity contribution in [2.24, 2.45) is 0 Å². The molecule has 210 valence electrons. The Bertz CT molecular complexity index is 2740. The summed E-state index contributed by atoms with van der Waals surface area (Å²) in [6.07, 6.45) is 0. The average molecular weight is 575 g/mol. The maximum atomic E-state index is 6.63. The number of hydrogen-bond acceptors (Lipinski definition) is 1. The molecule has 0 aliphatic rings. The minimum absolute atomic E-state index is 0.914. The zero-order valence-electron chi connectivity index (χ0n) is 24.3. The van der Waals surface area contributed by atoms with Crippen molar-refractivity contribution in [1.29, 1.82) is 0 Å². The molecule has 45 heavy (non-hydrogen) atoms. The summed E-state index contributed by atoms with van der Waals surface area (Å²) in [5.74, 6) is 0. The molecule has 0 fully saturated rings. The lowest BCUT2D eigenvalue weighted by Gasteiger charge is -2.11. The van der Waals surface area contributed by atoms with Crippen LogP contribution in [0.1, 0.15) is 0 Å². The molecule has 0 aliphatic carbocycles. The first kappa shape index (κ1) is 24.4. The van der Waals surface area contributed by atoms with Gasteiger partial charge in [0.15, 0.2) is 0 Å². The number of para-hydroxylation sites is 3. The highest BCUT2D eigenvalue weighted by Crippen LogP contribution is 2.43. The Morgan fingerprint density at radius 3 is 1.89 bits per heavy atom. The highest BCUT2D eigenvalue weighted by Gasteiger charge is 2.22. The molecule has 10 rings (SSSR count). The quantitative estimate of drug-likeness (QED) is 0.206. The predicted octanol–water partition coefficient (Wildman–Crippen LogP) is 11.4. The summed E-state index contributed by atoms with van der Waals surface area (Å²) in [5, 5.41) is 7.08. The van der Waals surface area contributed by atoms with Crippen LogP contribution < -0.4 is 0 Å². The minimum atomic E-state index is 0.914. The van der Waals surface area contributed by atoms with Crippen molar-refractivity contribution in [3.05, 3.63) is 158 Å². The van der Waals surface area contributed by atoms with Crippen LogP contribution in [0.4, 0.5) is 0 Å². The molecule has 0 spiro atoms. The molecule has 10 aromatic rings. The van der Waals surface area contributed by atoms with Gasteiger partial charge in [0.2, 0.25) is 0 Å². The highest BCUT2D eigenvalue weighted by atomic mass is 16.3. The van der Waals surface area contributed by atoms with E-state index in [1.807, 2.05) is 6.07 Å². The third kappa shape index (κ3) is 3.46. The summed E-state index contributed by atoms with van der Waals surface area (Å²) in [6.45, 7) is 0. The van der Waals surface area contributed by atoms with Gasteiger partial charge in [-0.15, -0.1) is 0 Å². The van der Waals surface area contributed by atoms with Gasteiger partial charge in [-0.1, -0.05) is 97.1 Å². The number of hydrogen-bond donors (Lipinski definition) is 0. The fraction of sp³-hybridized carbons (Fsp3) is 0. The van der Waals surface area contributed by atoms with E-state index in [1.165, 1.54) is 38.3 Å². The fourth-order valence-corrected chi connectivity index (χ4v) is 7.33. The van der Waals surface area contributed by atoms with Crippen molar-refractivity contribution >= 4 is 65.6 Å². The second-order valence-corrected chi connectivity index (χ2v) is 11.8. The summed E-state index contributed by atoms with van der Waals surface area (Å²) in [5.41, 5.74) is 11.2. The summed E-state index contributed by atoms with van der Waals surface area (Å²) in [6, 6.07) is 56.5. The molecule has 0 saturated heterocycles. The van der Waals surface area contributed by atoms with Crippen molar-refractivity contribution in [2.45, 2.75) is 0 Å². The van der Waals surface area contributed by atoms with Crippen molar-refractivity contribution < 1.29 is 4.42 Å². The van der Waals surface area contributed by atoms with Crippen molar-refractivity contribution in [2.75, 3.05) is 0 Å². The van der Waals surface area contributed by atoms with Crippen LogP contribution in [-0.4, -0.2) is 9.13 Å². The van der Waals surface area contributed by atoms with Gasteiger partial charge in [0.05, 0.1) is 27.5 Å². The van der Waals surface area contributed by atoms with Gasteiger partial charge in [0.1, 0.15) is 11.2 Å². The Balaban J connectivity index is 1.37. The number of furan rings is 1. The van der Waals surface area contributed by atoms with Crippen LogP contribution in [0.15, 0.2) is 162 Å². The van der Waals surface area contributed by atoms with E-state index in [0.717, 1.165) is 49.7 Å². The molecule has 0 saturated carbocycles. The molecule has 0 atom stereocenters. The monoisotopic (exact) mass is 574 g/mol. The van der Waals surface area contributed by atoms with E-state index in [1.54, 1.807) is 0 Å². The number of benzene rings is 7. The molecule has 7 aromatic carbocycles. The predicted molar refractivity (Wildman–Crippen MR) is 188 cm³/mol. The maximum Gasteiger partial charge on any atom is 0.145 e. The van der Waals surface area contributed by atoms with Gasteiger partial charge >= 0.3 is 0 Å². The average Bonchev–Trinajstić information content (AvgIpc) is 3.75. The molecule has 0 N–H and O–H groups in total. The molecule has 3 heteroatoms. The number of aromatic nitrogens is 2. The van der Waals surface area contributed by atoms with Gasteiger partial charge in [0, 0.05) is 38.3 Å². The SMILES string of the molecule is c1ccc(-c2cccc(-n3c4ccccc4c4cc5c6c7oc8ccccc8c7ccc6n(-c6ccccc6)c5cc43)c2)cc1. The zero-order chi connectivity index (χ0) is 29.5. The molecule has 0 radical (unpaired) electrons. The first-order valence-corrected chi connectivity index (χ1v) is 15.4. The maximum absolute atomic E-state index is 6.63. The van der Waals surface area contributed by atoms with E-state index in [0.29, 0.717) is 0 Å². The van der Waals surface area contributed by atoms with E-state index in [9.17, 15) is 0 Å². The van der Waals surface area contributed by atoms with Gasteiger partial charge in [0.25, 0.3) is 0 Å². The van der Waals surface area contributed by atoms with Crippen LogP contribution in [0.2, 0.25) is 0 Å². The van der Waals surface area contributed by atoms with E-state index in [4.69, 9.17) is 4.42 Å². The van der Waals surface area contributed by atoms with Crippen molar-refractivity contribution in [3.8, 4) is 22.5 Å². The van der Waals surface area contributed by atoms with Crippen LogP contribution >= 0.6 is 0 Å². The molecule has 0 unspecified atom stereocenters. The number of fused-ring (bicyclic) bond motifs is 10. The Hall–Kier alpha value is -6.06. The molecule has 0 aliphatic heterocycles. The molecule has 3 nitrogen and oxygen atoms in total. The largest absolute Gasteiger partial charge is 0.455 e. The Labute approximate surface area is 258 Å². The van der Waals surface area contributed by atoms with Gasteiger partial charge in [-0.25, -0.2) is 0 Å². The van der Waals surface area contributed by atoms with E-state index in [-0.39, 0.29) is 0 Å². The first-order valence-electron chi connectivity index (χ1n) is 15.4. The lowest BCUT2D eigenvalue weighted by Crippen LogP contribution is -1.96. The standard InChI is InChI=1S/C42H26N2O/c1-3-12-27(13-4-1)28-14-11-17-30(24-28)44-36-20-9-7-18-31(36)34-25-35-39(26-38(34)44)43(29-15-5-2-6-16-29)37-23-22-33-32-19-8-10-21-40(32)45-42(33)41(35)37/h1-26H. The molecule has 3 aromatic heterocycles. The van der Waals surface area contributed by atoms with Gasteiger partial charge in [-0.3, -0.25) is 0 Å². The van der Waals surface area contributed by atoms with Crippen LogP contribution in [0.5, 0.6) is 0 Å². The summed E-state index contributed by atoms with van der Waals surface area (Å²) in [4.78, 5) is 0. The van der Waals surface area contributed by atoms with Crippen LogP contribution in [0.3, 0.4) is 0 Å². The highest BCUT2D eigenvalue weighted by molar-refractivity contribution is 6.26. The zero-order valence-corrected chi connectivity index (χ0v) is 24.3. The number of nitrogens with zero attached hydrogens (tertiary/aromatic N) is 2. The Morgan fingerprint density at radius 2 is 1.02 bits per heavy atom. The van der Waals surface area contributed by atoms with Gasteiger partial charge < -0.3 is 13.6 Å². The second kappa shape index (κ2) is 9.22. The van der Waals surface area contributed by atoms with E-state index in [2.05, 4.69) is 161 Å². The van der Waals surface area contributed by atoms with Crippen molar-refractivity contribution in [3.63, 3.8) is 0 Å². The van der Waals surface area contributed by atoms with Crippen LogP contribution in [0, 0.1) is 0 Å². The van der Waals surface area contributed by atoms with Gasteiger partial charge in [-0.2, -0.15) is 0 Å². The summed E-state index contributed by atoms with van der Waals surface area (Å²) >= 11 is 0. The van der Waals surface area contributed by atoms with Gasteiger partial charge in [-0.05, 0) is 71.8 Å². The second-order valence-electron chi connectivity index (χ2n) is 11.8. The first-order chi connectivity index (χ1) is 22.3. The fourth-order valence-electron chi connectivity index (χ4n) is 7.33. The van der Waals surface area contributed by atoms with Crippen LogP contribution in [-0.2, 0) is 0 Å². The van der Waals surface area contributed by atoms with E-state index < -0.39 is 0 Å². The Kier molecular flexibility index (Phi) is 5.00. The normalized spacial score (nSPS) is 12.0. The lowest BCUT2D eigenvalue weighted by molar-refractivity contribution is 0.673. The third-order valence-electron chi connectivity index (χ3n) is 9.29. The van der Waals surface area contributed by atoms with E-state index >= 15 is 0 Å². The topological polar surface area (TPSA) is 23.0 Å². The molecule has 3 heterocycles. The number of rotatable bonds is 3. The minimum Gasteiger partial charge on any atom is -0.455 e. The lowest BCUT2D eigenvalue weighted by atomic mass is 10.0. The van der Waals surface area contributed by atoms with Crippen molar-refractivity contribution in [1.82, 2.24) is 9.13 Å². The van der Waals surface area contributed by atoms with Crippen LogP contribution in [0.25, 0.3) is 88.1 Å². The smallest absolute Gasteiger partial charge is 0.145 e. The third-order valence-corrected chi connectivity index (χ3v) is 9.29. The molecule has 0 amide bonds.